The summed E-state index contributed by atoms with van der Waals surface area (Å²) in [6, 6.07) is 13.1. The zero-order valence-corrected chi connectivity index (χ0v) is 18.2. The second kappa shape index (κ2) is 9.36. The molecule has 30 heavy (non-hydrogen) atoms. The first kappa shape index (κ1) is 22.6. The lowest BCUT2D eigenvalue weighted by atomic mass is 10.1. The molecule has 10 heteroatoms. The molecule has 5 nitrogen and oxygen atoms in total. The van der Waals surface area contributed by atoms with E-state index < -0.39 is 11.7 Å². The van der Waals surface area contributed by atoms with Crippen molar-refractivity contribution in [1.29, 1.82) is 0 Å². The van der Waals surface area contributed by atoms with Gasteiger partial charge in [0.05, 0.1) is 12.1 Å². The number of aromatic nitrogens is 2. The van der Waals surface area contributed by atoms with Crippen LogP contribution in [-0.2, 0) is 12.7 Å². The first-order valence-corrected chi connectivity index (χ1v) is 9.91. The molecule has 0 aliphatic carbocycles. The van der Waals surface area contributed by atoms with Gasteiger partial charge in [0, 0.05) is 41.9 Å². The molecule has 0 radical (unpaired) electrons. The number of alkyl halides is 3. The standard InChI is InChI=1S/C20H18BrF3N4O.ClH/c21-16-5-1-3-14(11-16)19-26-25-18(29-19)13-27-7-9-28(10-8-27)17-6-2-4-15(12-17)20(22,23)24;/h1-6,11-12H,7-10,13H2;1H. The van der Waals surface area contributed by atoms with E-state index in [0.29, 0.717) is 50.2 Å². The monoisotopic (exact) mass is 502 g/mol. The van der Waals surface area contributed by atoms with Gasteiger partial charge < -0.3 is 9.32 Å². The summed E-state index contributed by atoms with van der Waals surface area (Å²) in [6.45, 7) is 3.18. The van der Waals surface area contributed by atoms with Crippen LogP contribution in [0.5, 0.6) is 0 Å². The van der Waals surface area contributed by atoms with Gasteiger partial charge in [-0.2, -0.15) is 13.2 Å². The van der Waals surface area contributed by atoms with Crippen LogP contribution in [-0.4, -0.2) is 41.3 Å². The van der Waals surface area contributed by atoms with Gasteiger partial charge in [-0.05, 0) is 36.4 Å². The van der Waals surface area contributed by atoms with Gasteiger partial charge in [-0.1, -0.05) is 28.1 Å². The van der Waals surface area contributed by atoms with E-state index in [1.165, 1.54) is 12.1 Å². The quantitative estimate of drug-likeness (QED) is 0.486. The van der Waals surface area contributed by atoms with Crippen LogP contribution in [0.4, 0.5) is 18.9 Å². The Morgan fingerprint density at radius 3 is 2.40 bits per heavy atom. The molecule has 0 atom stereocenters. The van der Waals surface area contributed by atoms with Gasteiger partial charge in [-0.15, -0.1) is 22.6 Å². The van der Waals surface area contributed by atoms with E-state index in [-0.39, 0.29) is 12.4 Å². The van der Waals surface area contributed by atoms with Crippen LogP contribution in [0.15, 0.2) is 57.4 Å². The molecule has 1 aliphatic rings. The lowest BCUT2D eigenvalue weighted by Crippen LogP contribution is -2.46. The molecule has 1 aliphatic heterocycles. The maximum atomic E-state index is 12.9. The van der Waals surface area contributed by atoms with Crippen LogP contribution in [0.1, 0.15) is 11.5 Å². The maximum absolute atomic E-state index is 12.9. The number of hydrogen-bond acceptors (Lipinski definition) is 5. The molecule has 0 bridgehead atoms. The average Bonchev–Trinajstić information content (AvgIpc) is 3.17. The van der Waals surface area contributed by atoms with Gasteiger partial charge in [0.1, 0.15) is 0 Å². The lowest BCUT2D eigenvalue weighted by Gasteiger charge is -2.35. The number of piperazine rings is 1. The van der Waals surface area contributed by atoms with Crippen molar-refractivity contribution in [3.05, 3.63) is 64.5 Å². The van der Waals surface area contributed by atoms with E-state index in [9.17, 15) is 13.2 Å². The fourth-order valence-corrected chi connectivity index (χ4v) is 3.69. The van der Waals surface area contributed by atoms with E-state index in [1.807, 2.05) is 29.2 Å². The Balaban J connectivity index is 0.00000256. The molecule has 1 saturated heterocycles. The third kappa shape index (κ3) is 5.33. The van der Waals surface area contributed by atoms with E-state index in [2.05, 4.69) is 31.0 Å². The minimum absolute atomic E-state index is 0. The van der Waals surface area contributed by atoms with Crippen molar-refractivity contribution in [2.75, 3.05) is 31.1 Å². The van der Waals surface area contributed by atoms with Crippen molar-refractivity contribution in [3.63, 3.8) is 0 Å². The Kier molecular flexibility index (Phi) is 7.05. The van der Waals surface area contributed by atoms with Gasteiger partial charge in [0.15, 0.2) is 0 Å². The van der Waals surface area contributed by atoms with Crippen LogP contribution < -0.4 is 4.90 Å². The summed E-state index contributed by atoms with van der Waals surface area (Å²) in [5.41, 5.74) is 0.810. The van der Waals surface area contributed by atoms with Crippen molar-refractivity contribution >= 4 is 34.0 Å². The van der Waals surface area contributed by atoms with Gasteiger partial charge in [-0.25, -0.2) is 0 Å². The number of halogens is 5. The predicted octanol–water partition coefficient (Wildman–Crippen LogP) is 5.26. The molecule has 1 aromatic heterocycles. The van der Waals surface area contributed by atoms with Crippen molar-refractivity contribution in [2.45, 2.75) is 12.7 Å². The van der Waals surface area contributed by atoms with Crippen LogP contribution in [0, 0.1) is 0 Å². The van der Waals surface area contributed by atoms with Crippen LogP contribution in [0.2, 0.25) is 0 Å². The molecule has 2 aromatic carbocycles. The van der Waals surface area contributed by atoms with Crippen molar-refractivity contribution in [2.24, 2.45) is 0 Å². The van der Waals surface area contributed by atoms with E-state index in [1.54, 1.807) is 6.07 Å². The molecular formula is C20H19BrClF3N4O. The van der Waals surface area contributed by atoms with Gasteiger partial charge in [0.25, 0.3) is 0 Å². The molecule has 4 rings (SSSR count). The number of nitrogens with zero attached hydrogens (tertiary/aromatic N) is 4. The first-order chi connectivity index (χ1) is 13.9. The minimum atomic E-state index is -4.33. The van der Waals surface area contributed by atoms with Crippen molar-refractivity contribution in [3.8, 4) is 11.5 Å². The van der Waals surface area contributed by atoms with Crippen molar-refractivity contribution in [1.82, 2.24) is 15.1 Å². The van der Waals surface area contributed by atoms with Gasteiger partial charge in [-0.3, -0.25) is 4.90 Å². The molecule has 160 valence electrons. The molecular weight excluding hydrogens is 485 g/mol. The van der Waals surface area contributed by atoms with Crippen molar-refractivity contribution < 1.29 is 17.6 Å². The van der Waals surface area contributed by atoms with Crippen LogP contribution in [0.25, 0.3) is 11.5 Å². The Hall–Kier alpha value is -2.10. The molecule has 0 spiro atoms. The Bertz CT molecular complexity index is 990. The zero-order valence-electron chi connectivity index (χ0n) is 15.8. The van der Waals surface area contributed by atoms with Crippen LogP contribution in [0.3, 0.4) is 0 Å². The second-order valence-corrected chi connectivity index (χ2v) is 7.74. The maximum Gasteiger partial charge on any atom is 0.416 e. The summed E-state index contributed by atoms with van der Waals surface area (Å²) in [7, 11) is 0. The zero-order chi connectivity index (χ0) is 20.4. The molecule has 2 heterocycles. The molecule has 1 fully saturated rings. The first-order valence-electron chi connectivity index (χ1n) is 9.11. The highest BCUT2D eigenvalue weighted by molar-refractivity contribution is 9.10. The lowest BCUT2D eigenvalue weighted by molar-refractivity contribution is -0.137. The Labute approximate surface area is 186 Å². The number of hydrogen-bond donors (Lipinski definition) is 0. The molecule has 0 unspecified atom stereocenters. The summed E-state index contributed by atoms with van der Waals surface area (Å²) in [5, 5.41) is 8.23. The summed E-state index contributed by atoms with van der Waals surface area (Å²) in [5.74, 6) is 0.983. The molecule has 0 saturated carbocycles. The smallest absolute Gasteiger partial charge is 0.416 e. The van der Waals surface area contributed by atoms with Crippen LogP contribution >= 0.6 is 28.3 Å². The van der Waals surface area contributed by atoms with E-state index >= 15 is 0 Å². The highest BCUT2D eigenvalue weighted by Gasteiger charge is 2.31. The average molecular weight is 504 g/mol. The summed E-state index contributed by atoms with van der Waals surface area (Å²) in [6.07, 6.45) is -4.33. The fraction of sp³-hybridized carbons (Fsp3) is 0.300. The molecule has 0 N–H and O–H groups in total. The summed E-state index contributed by atoms with van der Waals surface area (Å²) in [4.78, 5) is 4.12. The third-order valence-corrected chi connectivity index (χ3v) is 5.30. The highest BCUT2D eigenvalue weighted by Crippen LogP contribution is 2.32. The SMILES string of the molecule is Cl.FC(F)(F)c1cccc(N2CCN(Cc3nnc(-c4cccc(Br)c4)o3)CC2)c1. The van der Waals surface area contributed by atoms with Gasteiger partial charge in [0.2, 0.25) is 11.8 Å². The number of benzene rings is 2. The number of anilines is 1. The largest absolute Gasteiger partial charge is 0.419 e. The highest BCUT2D eigenvalue weighted by atomic mass is 79.9. The van der Waals surface area contributed by atoms with E-state index in [0.717, 1.165) is 16.1 Å². The Morgan fingerprint density at radius 2 is 1.70 bits per heavy atom. The summed E-state index contributed by atoms with van der Waals surface area (Å²) < 4.78 is 45.5. The fourth-order valence-electron chi connectivity index (χ4n) is 3.29. The number of rotatable bonds is 4. The van der Waals surface area contributed by atoms with Gasteiger partial charge >= 0.3 is 6.18 Å². The Morgan fingerprint density at radius 1 is 0.967 bits per heavy atom. The van der Waals surface area contributed by atoms with E-state index in [4.69, 9.17) is 4.42 Å². The normalized spacial score (nSPS) is 15.1. The minimum Gasteiger partial charge on any atom is -0.419 e. The molecule has 0 amide bonds. The second-order valence-electron chi connectivity index (χ2n) is 6.82. The molecule has 3 aromatic rings. The topological polar surface area (TPSA) is 45.4 Å². The third-order valence-electron chi connectivity index (χ3n) is 4.81. The summed E-state index contributed by atoms with van der Waals surface area (Å²) >= 11 is 3.42. The predicted molar refractivity (Wildman–Crippen MR) is 114 cm³/mol.